The number of phenols is 1. The summed E-state index contributed by atoms with van der Waals surface area (Å²) >= 11 is 1.45. The molecule has 1 saturated heterocycles. The molecule has 0 bridgehead atoms. The molecule has 0 aromatic heterocycles. The lowest BCUT2D eigenvalue weighted by Crippen LogP contribution is -2.35. The number of amides is 1. The molecule has 0 unspecified atom stereocenters. The largest absolute Gasteiger partial charge is 0.508 e. The summed E-state index contributed by atoms with van der Waals surface area (Å²) in [6.45, 7) is 4.22. The molecular weight excluding hydrogens is 284 g/mol. The highest BCUT2D eigenvalue weighted by molar-refractivity contribution is 8.18. The number of aromatic hydroxyl groups is 1. The number of aliphatic imine (C=N–C) groups is 1. The lowest BCUT2D eigenvalue weighted by atomic mass is 10.00. The third-order valence-corrected chi connectivity index (χ3v) is 4.90. The first-order valence-electron chi connectivity index (χ1n) is 7.18. The fourth-order valence-electron chi connectivity index (χ4n) is 2.46. The first kappa shape index (κ1) is 14.2. The van der Waals surface area contributed by atoms with Gasteiger partial charge in [-0.1, -0.05) is 19.1 Å². The zero-order valence-corrected chi connectivity index (χ0v) is 12.8. The molecule has 1 fully saturated rings. The second-order valence-electron chi connectivity index (χ2n) is 5.57. The number of thioether (sulfide) groups is 1. The van der Waals surface area contributed by atoms with Gasteiger partial charge >= 0.3 is 0 Å². The van der Waals surface area contributed by atoms with Gasteiger partial charge in [-0.2, -0.15) is 4.99 Å². The monoisotopic (exact) mass is 302 g/mol. The van der Waals surface area contributed by atoms with Crippen molar-refractivity contribution in [3.05, 3.63) is 34.7 Å². The summed E-state index contributed by atoms with van der Waals surface area (Å²) in [5.74, 6) is 0.819. The van der Waals surface area contributed by atoms with E-state index in [1.54, 1.807) is 24.3 Å². The van der Waals surface area contributed by atoms with Gasteiger partial charge in [-0.25, -0.2) is 0 Å². The molecule has 0 radical (unpaired) electrons. The molecule has 2 aliphatic rings. The van der Waals surface area contributed by atoms with Crippen LogP contribution in [0, 0.1) is 5.92 Å². The highest BCUT2D eigenvalue weighted by Gasteiger charge is 2.28. The average molecular weight is 302 g/mol. The first-order valence-corrected chi connectivity index (χ1v) is 8.00. The molecule has 1 amide bonds. The number of rotatable bonds is 1. The molecule has 1 aromatic carbocycles. The van der Waals surface area contributed by atoms with Crippen molar-refractivity contribution >= 4 is 28.9 Å². The average Bonchev–Trinajstić information content (AvgIpc) is 2.83. The molecule has 0 atom stereocenters. The number of carbonyl (C=O) groups is 1. The smallest absolute Gasteiger partial charge is 0.286 e. The van der Waals surface area contributed by atoms with Crippen LogP contribution in [0.25, 0.3) is 6.08 Å². The maximum absolute atomic E-state index is 12.0. The van der Waals surface area contributed by atoms with Crippen molar-refractivity contribution in [2.24, 2.45) is 10.9 Å². The van der Waals surface area contributed by atoms with Gasteiger partial charge in [0, 0.05) is 13.1 Å². The maximum Gasteiger partial charge on any atom is 0.286 e. The number of benzene rings is 1. The Bertz CT molecular complexity index is 599. The van der Waals surface area contributed by atoms with Crippen molar-refractivity contribution in [2.75, 3.05) is 13.1 Å². The molecule has 1 N–H and O–H groups in total. The van der Waals surface area contributed by atoms with E-state index in [1.165, 1.54) is 11.8 Å². The number of hydrogen-bond donors (Lipinski definition) is 1. The van der Waals surface area contributed by atoms with Crippen LogP contribution in [0.1, 0.15) is 25.3 Å². The summed E-state index contributed by atoms with van der Waals surface area (Å²) in [6, 6.07) is 6.81. The molecule has 4 nitrogen and oxygen atoms in total. The summed E-state index contributed by atoms with van der Waals surface area (Å²) in [7, 11) is 0. The van der Waals surface area contributed by atoms with E-state index in [-0.39, 0.29) is 11.7 Å². The van der Waals surface area contributed by atoms with Crippen molar-refractivity contribution < 1.29 is 9.90 Å². The van der Waals surface area contributed by atoms with E-state index in [4.69, 9.17) is 0 Å². The second-order valence-corrected chi connectivity index (χ2v) is 6.58. The zero-order chi connectivity index (χ0) is 14.8. The summed E-state index contributed by atoms with van der Waals surface area (Å²) in [5, 5.41) is 10.1. The van der Waals surface area contributed by atoms with Crippen LogP contribution >= 0.6 is 11.8 Å². The molecule has 2 aliphatic heterocycles. The van der Waals surface area contributed by atoms with E-state index in [0.29, 0.717) is 4.91 Å². The van der Waals surface area contributed by atoms with Crippen molar-refractivity contribution in [3.8, 4) is 5.75 Å². The van der Waals surface area contributed by atoms with E-state index in [2.05, 4.69) is 16.8 Å². The topological polar surface area (TPSA) is 52.9 Å². The first-order chi connectivity index (χ1) is 10.1. The normalized spacial score (nSPS) is 22.0. The van der Waals surface area contributed by atoms with Crippen LogP contribution in [0.15, 0.2) is 34.2 Å². The van der Waals surface area contributed by atoms with Crippen molar-refractivity contribution in [1.82, 2.24) is 4.90 Å². The molecule has 5 heteroatoms. The van der Waals surface area contributed by atoms with Crippen LogP contribution in [-0.4, -0.2) is 34.2 Å². The van der Waals surface area contributed by atoms with Crippen LogP contribution < -0.4 is 0 Å². The number of likely N-dealkylation sites (tertiary alicyclic amines) is 1. The fourth-order valence-corrected chi connectivity index (χ4v) is 3.42. The predicted octanol–water partition coefficient (Wildman–Crippen LogP) is 3.09. The Morgan fingerprint density at radius 1 is 1.29 bits per heavy atom. The molecular formula is C16H18N2O2S. The maximum atomic E-state index is 12.0. The van der Waals surface area contributed by atoms with Gasteiger partial charge in [0.1, 0.15) is 5.75 Å². The Morgan fingerprint density at radius 3 is 2.62 bits per heavy atom. The molecule has 0 aliphatic carbocycles. The highest BCUT2D eigenvalue weighted by Crippen LogP contribution is 2.32. The summed E-state index contributed by atoms with van der Waals surface area (Å²) in [4.78, 5) is 19.0. The highest BCUT2D eigenvalue weighted by atomic mass is 32.2. The van der Waals surface area contributed by atoms with E-state index in [0.717, 1.165) is 42.6 Å². The van der Waals surface area contributed by atoms with Crippen LogP contribution in [0.3, 0.4) is 0 Å². The van der Waals surface area contributed by atoms with Gasteiger partial charge in [0.15, 0.2) is 5.17 Å². The van der Waals surface area contributed by atoms with Crippen molar-refractivity contribution in [1.29, 1.82) is 0 Å². The van der Waals surface area contributed by atoms with Crippen molar-refractivity contribution in [2.45, 2.75) is 19.8 Å². The fraction of sp³-hybridized carbons (Fsp3) is 0.375. The number of carbonyl (C=O) groups excluding carboxylic acids is 1. The Morgan fingerprint density at radius 2 is 1.95 bits per heavy atom. The molecule has 0 spiro atoms. The molecule has 1 aromatic rings. The summed E-state index contributed by atoms with van der Waals surface area (Å²) in [6.07, 6.45) is 4.14. The van der Waals surface area contributed by atoms with Gasteiger partial charge in [-0.3, -0.25) is 4.79 Å². The lowest BCUT2D eigenvalue weighted by molar-refractivity contribution is -0.113. The Kier molecular flexibility index (Phi) is 4.01. The molecule has 2 heterocycles. The van der Waals surface area contributed by atoms with Gasteiger partial charge in [-0.05, 0) is 54.3 Å². The third kappa shape index (κ3) is 3.29. The van der Waals surface area contributed by atoms with Gasteiger partial charge in [0.2, 0.25) is 0 Å². The third-order valence-electron chi connectivity index (χ3n) is 3.85. The predicted molar refractivity (Wildman–Crippen MR) is 86.1 cm³/mol. The van der Waals surface area contributed by atoms with Gasteiger partial charge < -0.3 is 10.0 Å². The second kappa shape index (κ2) is 5.93. The number of phenolic OH excluding ortho intramolecular Hbond substituents is 1. The van der Waals surface area contributed by atoms with E-state index in [1.807, 2.05) is 6.08 Å². The van der Waals surface area contributed by atoms with E-state index in [9.17, 15) is 9.90 Å². The van der Waals surface area contributed by atoms with Crippen LogP contribution in [-0.2, 0) is 4.79 Å². The number of hydrogen-bond acceptors (Lipinski definition) is 4. The summed E-state index contributed by atoms with van der Waals surface area (Å²) in [5.41, 5.74) is 0.896. The lowest BCUT2D eigenvalue weighted by Gasteiger charge is -2.30. The Hall–Kier alpha value is -1.75. The standard InChI is InChI=1S/C16H18N2O2S/c1-11-6-8-18(9-7-11)16-17-15(20)14(21-16)10-12-2-4-13(19)5-3-12/h2-5,10-11,19H,6-9H2,1H3. The minimum Gasteiger partial charge on any atom is -0.508 e. The van der Waals surface area contributed by atoms with E-state index >= 15 is 0 Å². The Labute approximate surface area is 128 Å². The number of piperidine rings is 1. The number of amidine groups is 1. The SMILES string of the molecule is CC1CCN(C2=NC(=O)C(=Cc3ccc(O)cc3)S2)CC1. The minimum atomic E-state index is -0.165. The van der Waals surface area contributed by atoms with Gasteiger partial charge in [-0.15, -0.1) is 0 Å². The molecule has 110 valence electrons. The van der Waals surface area contributed by atoms with Gasteiger partial charge in [0.05, 0.1) is 4.91 Å². The zero-order valence-electron chi connectivity index (χ0n) is 12.0. The van der Waals surface area contributed by atoms with Crippen molar-refractivity contribution in [3.63, 3.8) is 0 Å². The summed E-state index contributed by atoms with van der Waals surface area (Å²) < 4.78 is 0. The van der Waals surface area contributed by atoms with Crippen LogP contribution in [0.2, 0.25) is 0 Å². The van der Waals surface area contributed by atoms with Gasteiger partial charge in [0.25, 0.3) is 5.91 Å². The minimum absolute atomic E-state index is 0.165. The molecule has 0 saturated carbocycles. The van der Waals surface area contributed by atoms with E-state index < -0.39 is 0 Å². The number of nitrogens with zero attached hydrogens (tertiary/aromatic N) is 2. The molecule has 3 rings (SSSR count). The van der Waals surface area contributed by atoms with Crippen LogP contribution in [0.5, 0.6) is 5.75 Å². The van der Waals surface area contributed by atoms with Crippen LogP contribution in [0.4, 0.5) is 0 Å². The molecule has 21 heavy (non-hydrogen) atoms. The quantitative estimate of drug-likeness (QED) is 0.810. The Balaban J connectivity index is 1.71.